The minimum Gasteiger partial charge on any atom is -0.488 e. The van der Waals surface area contributed by atoms with E-state index in [0.29, 0.717) is 11.3 Å². The third-order valence-electron chi connectivity index (χ3n) is 2.67. The zero-order valence-electron chi connectivity index (χ0n) is 11.8. The number of nitrogens with zero attached hydrogens (tertiary/aromatic N) is 1. The van der Waals surface area contributed by atoms with E-state index in [2.05, 4.69) is 0 Å². The molecule has 0 aromatic heterocycles. The largest absolute Gasteiger partial charge is 0.488 e. The first kappa shape index (κ1) is 14.1. The third-order valence-corrected chi connectivity index (χ3v) is 2.67. The van der Waals surface area contributed by atoms with Crippen molar-refractivity contribution in [1.29, 1.82) is 0 Å². The highest BCUT2D eigenvalue weighted by Crippen LogP contribution is 2.34. The second-order valence-electron chi connectivity index (χ2n) is 5.52. The zero-order chi connectivity index (χ0) is 14.8. The molecule has 0 amide bonds. The summed E-state index contributed by atoms with van der Waals surface area (Å²) < 4.78 is 5.78. The lowest BCUT2D eigenvalue weighted by atomic mass is 10.0. The normalized spacial score (nSPS) is 11.2. The van der Waals surface area contributed by atoms with Gasteiger partial charge in [-0.15, -0.1) is 0 Å². The standard InChI is InChI=1S/C16H17NO3/c1-16(2,3)20-13-9-10-15(17(18)19)14(11-13)12-7-5-4-6-8-12/h4-11H,1-3H3. The van der Waals surface area contributed by atoms with Crippen LogP contribution >= 0.6 is 0 Å². The monoisotopic (exact) mass is 271 g/mol. The third kappa shape index (κ3) is 3.35. The van der Waals surface area contributed by atoms with Gasteiger partial charge in [0.05, 0.1) is 10.5 Å². The molecule has 0 saturated carbocycles. The molecular weight excluding hydrogens is 254 g/mol. The molecule has 0 N–H and O–H groups in total. The summed E-state index contributed by atoms with van der Waals surface area (Å²) >= 11 is 0. The SMILES string of the molecule is CC(C)(C)Oc1ccc([N+](=O)[O-])c(-c2ccccc2)c1. The van der Waals surface area contributed by atoms with Crippen LogP contribution in [0, 0.1) is 10.1 Å². The van der Waals surface area contributed by atoms with Crippen LogP contribution in [-0.2, 0) is 0 Å². The van der Waals surface area contributed by atoms with Crippen LogP contribution in [0.3, 0.4) is 0 Å². The minimum absolute atomic E-state index is 0.0810. The number of benzene rings is 2. The van der Waals surface area contributed by atoms with Gasteiger partial charge in [-0.05, 0) is 38.5 Å². The molecule has 0 aliphatic rings. The van der Waals surface area contributed by atoms with Crippen LogP contribution in [0.25, 0.3) is 11.1 Å². The van der Waals surface area contributed by atoms with Gasteiger partial charge < -0.3 is 4.74 Å². The maximum absolute atomic E-state index is 11.2. The average Bonchev–Trinajstić information content (AvgIpc) is 2.37. The van der Waals surface area contributed by atoms with Crippen molar-refractivity contribution >= 4 is 5.69 Å². The van der Waals surface area contributed by atoms with E-state index in [1.165, 1.54) is 6.07 Å². The molecule has 0 fully saturated rings. The van der Waals surface area contributed by atoms with Gasteiger partial charge in [-0.2, -0.15) is 0 Å². The van der Waals surface area contributed by atoms with Crippen molar-refractivity contribution in [3.05, 3.63) is 58.6 Å². The fourth-order valence-electron chi connectivity index (χ4n) is 1.94. The van der Waals surface area contributed by atoms with Gasteiger partial charge in [0.1, 0.15) is 11.4 Å². The van der Waals surface area contributed by atoms with E-state index in [1.54, 1.807) is 12.1 Å². The van der Waals surface area contributed by atoms with Crippen LogP contribution in [0.5, 0.6) is 5.75 Å². The molecule has 4 nitrogen and oxygen atoms in total. The Labute approximate surface area is 118 Å². The Morgan fingerprint density at radius 3 is 2.25 bits per heavy atom. The summed E-state index contributed by atoms with van der Waals surface area (Å²) in [4.78, 5) is 10.8. The van der Waals surface area contributed by atoms with Crippen LogP contribution in [-0.4, -0.2) is 10.5 Å². The van der Waals surface area contributed by atoms with Gasteiger partial charge in [0.15, 0.2) is 0 Å². The molecule has 0 radical (unpaired) electrons. The van der Waals surface area contributed by atoms with Crippen molar-refractivity contribution in [2.24, 2.45) is 0 Å². The van der Waals surface area contributed by atoms with Gasteiger partial charge in [-0.3, -0.25) is 10.1 Å². The zero-order valence-corrected chi connectivity index (χ0v) is 11.8. The van der Waals surface area contributed by atoms with E-state index in [4.69, 9.17) is 4.74 Å². The van der Waals surface area contributed by atoms with Gasteiger partial charge in [0, 0.05) is 6.07 Å². The Balaban J connectivity index is 2.51. The maximum atomic E-state index is 11.2. The molecule has 0 aliphatic carbocycles. The topological polar surface area (TPSA) is 52.4 Å². The maximum Gasteiger partial charge on any atom is 0.277 e. The Hall–Kier alpha value is -2.36. The summed E-state index contributed by atoms with van der Waals surface area (Å²) in [6.45, 7) is 5.82. The fourth-order valence-corrected chi connectivity index (χ4v) is 1.94. The van der Waals surface area contributed by atoms with Crippen molar-refractivity contribution in [2.45, 2.75) is 26.4 Å². The number of rotatable bonds is 3. The Morgan fingerprint density at radius 1 is 1.05 bits per heavy atom. The number of hydrogen-bond donors (Lipinski definition) is 0. The first-order valence-corrected chi connectivity index (χ1v) is 6.40. The van der Waals surface area contributed by atoms with Crippen molar-refractivity contribution in [2.75, 3.05) is 0 Å². The molecule has 0 heterocycles. The predicted molar refractivity (Wildman–Crippen MR) is 78.9 cm³/mol. The summed E-state index contributed by atoms with van der Waals surface area (Å²) in [5.74, 6) is 0.627. The van der Waals surface area contributed by atoms with Crippen LogP contribution in [0.1, 0.15) is 20.8 Å². The molecule has 2 aromatic rings. The van der Waals surface area contributed by atoms with Crippen LogP contribution < -0.4 is 4.74 Å². The number of nitro benzene ring substituents is 1. The van der Waals surface area contributed by atoms with Crippen molar-refractivity contribution in [3.63, 3.8) is 0 Å². The molecule has 104 valence electrons. The van der Waals surface area contributed by atoms with E-state index in [0.717, 1.165) is 5.56 Å². The van der Waals surface area contributed by atoms with E-state index in [1.807, 2.05) is 51.1 Å². The molecule has 0 atom stereocenters. The van der Waals surface area contributed by atoms with Crippen molar-refractivity contribution in [1.82, 2.24) is 0 Å². The van der Waals surface area contributed by atoms with Crippen LogP contribution in [0.2, 0.25) is 0 Å². The molecule has 2 aromatic carbocycles. The number of hydrogen-bond acceptors (Lipinski definition) is 3. The van der Waals surface area contributed by atoms with Gasteiger partial charge >= 0.3 is 0 Å². The molecule has 0 spiro atoms. The highest BCUT2D eigenvalue weighted by atomic mass is 16.6. The quantitative estimate of drug-likeness (QED) is 0.612. The fraction of sp³-hybridized carbons (Fsp3) is 0.250. The summed E-state index contributed by atoms with van der Waals surface area (Å²) in [6, 6.07) is 14.1. The Bertz CT molecular complexity index is 615. The molecule has 4 heteroatoms. The second kappa shape index (κ2) is 5.33. The molecular formula is C16H17NO3. The lowest BCUT2D eigenvalue weighted by molar-refractivity contribution is -0.384. The Kier molecular flexibility index (Phi) is 3.74. The summed E-state index contributed by atoms with van der Waals surface area (Å²) in [5, 5.41) is 11.2. The van der Waals surface area contributed by atoms with E-state index in [-0.39, 0.29) is 16.2 Å². The summed E-state index contributed by atoms with van der Waals surface area (Å²) in [7, 11) is 0. The molecule has 20 heavy (non-hydrogen) atoms. The Morgan fingerprint density at radius 2 is 1.70 bits per heavy atom. The first-order chi connectivity index (χ1) is 9.37. The average molecular weight is 271 g/mol. The lowest BCUT2D eigenvalue weighted by Crippen LogP contribution is -2.22. The van der Waals surface area contributed by atoms with Crippen LogP contribution in [0.15, 0.2) is 48.5 Å². The van der Waals surface area contributed by atoms with E-state index >= 15 is 0 Å². The van der Waals surface area contributed by atoms with Crippen molar-refractivity contribution in [3.8, 4) is 16.9 Å². The van der Waals surface area contributed by atoms with Crippen molar-refractivity contribution < 1.29 is 9.66 Å². The molecule has 0 bridgehead atoms. The molecule has 0 saturated heterocycles. The predicted octanol–water partition coefficient (Wildman–Crippen LogP) is 4.44. The van der Waals surface area contributed by atoms with Gasteiger partial charge in [0.25, 0.3) is 5.69 Å². The van der Waals surface area contributed by atoms with E-state index in [9.17, 15) is 10.1 Å². The summed E-state index contributed by atoms with van der Waals surface area (Å²) in [5.41, 5.74) is 1.11. The van der Waals surface area contributed by atoms with Gasteiger partial charge in [0.2, 0.25) is 0 Å². The number of nitro groups is 1. The molecule has 0 unspecified atom stereocenters. The van der Waals surface area contributed by atoms with Gasteiger partial charge in [-0.1, -0.05) is 30.3 Å². The van der Waals surface area contributed by atoms with E-state index < -0.39 is 0 Å². The first-order valence-electron chi connectivity index (χ1n) is 6.40. The number of ether oxygens (including phenoxy) is 1. The summed E-state index contributed by atoms with van der Waals surface area (Å²) in [6.07, 6.45) is 0. The molecule has 0 aliphatic heterocycles. The lowest BCUT2D eigenvalue weighted by Gasteiger charge is -2.21. The second-order valence-corrected chi connectivity index (χ2v) is 5.52. The molecule has 2 rings (SSSR count). The minimum atomic E-state index is -0.372. The van der Waals surface area contributed by atoms with Gasteiger partial charge in [-0.25, -0.2) is 0 Å². The smallest absolute Gasteiger partial charge is 0.277 e. The highest BCUT2D eigenvalue weighted by molar-refractivity contribution is 5.74. The highest BCUT2D eigenvalue weighted by Gasteiger charge is 2.18. The van der Waals surface area contributed by atoms with Crippen LogP contribution in [0.4, 0.5) is 5.69 Å².